The Hall–Kier alpha value is -1.56. The summed E-state index contributed by atoms with van der Waals surface area (Å²) in [6.45, 7) is 2.65. The minimum absolute atomic E-state index is 0.0707. The van der Waals surface area contributed by atoms with Gasteiger partial charge in [-0.05, 0) is 18.5 Å². The molecule has 0 radical (unpaired) electrons. The van der Waals surface area contributed by atoms with Crippen molar-refractivity contribution in [1.29, 1.82) is 0 Å². The first kappa shape index (κ1) is 10.9. The number of β-amino-alcohol motifs (C(OH)–C–C–N with tert-alkyl or cyclic N) is 1. The third kappa shape index (κ3) is 2.52. The van der Waals surface area contributed by atoms with Gasteiger partial charge in [0.05, 0.1) is 6.10 Å². The van der Waals surface area contributed by atoms with E-state index in [9.17, 15) is 9.90 Å². The molecule has 88 valence electrons. The first-order valence-corrected chi connectivity index (χ1v) is 5.17. The Bertz CT molecular complexity index is 377. The van der Waals surface area contributed by atoms with E-state index in [1.165, 1.54) is 0 Å². The molecule has 0 bridgehead atoms. The van der Waals surface area contributed by atoms with Crippen molar-refractivity contribution in [3.8, 4) is 5.88 Å². The van der Waals surface area contributed by atoms with Crippen molar-refractivity contribution in [2.75, 3.05) is 19.7 Å². The summed E-state index contributed by atoms with van der Waals surface area (Å²) >= 11 is 0. The van der Waals surface area contributed by atoms with Crippen LogP contribution >= 0.6 is 0 Å². The molecule has 0 spiro atoms. The minimum Gasteiger partial charge on any atom is -0.465 e. The van der Waals surface area contributed by atoms with E-state index in [1.54, 1.807) is 17.9 Å². The quantitative estimate of drug-likeness (QED) is 0.782. The number of rotatable bonds is 3. The molecule has 0 aromatic carbocycles. The molecule has 1 aliphatic rings. The van der Waals surface area contributed by atoms with Crippen LogP contribution < -0.4 is 4.74 Å². The zero-order valence-electron chi connectivity index (χ0n) is 9.05. The number of aromatic nitrogens is 1. The molecule has 1 saturated heterocycles. The van der Waals surface area contributed by atoms with Gasteiger partial charge in [-0.2, -0.15) is 0 Å². The first-order valence-electron chi connectivity index (χ1n) is 5.17. The number of nitrogens with zero attached hydrogens (tertiary/aromatic N) is 2. The molecule has 2 heterocycles. The van der Waals surface area contributed by atoms with Crippen LogP contribution in [0.3, 0.4) is 0 Å². The van der Waals surface area contributed by atoms with Gasteiger partial charge in [-0.25, -0.2) is 0 Å². The standard InChI is InChI=1S/C10H14N2O4/c1-7-4-9(11-16-7)15-6-10(14)12-3-2-8(13)5-12/h4,8,13H,2-3,5-6H2,1H3/t8-/m0/s1. The van der Waals surface area contributed by atoms with E-state index in [-0.39, 0.29) is 12.5 Å². The van der Waals surface area contributed by atoms with E-state index >= 15 is 0 Å². The number of carbonyl (C=O) groups excluding carboxylic acids is 1. The Morgan fingerprint density at radius 1 is 1.81 bits per heavy atom. The second-order valence-electron chi connectivity index (χ2n) is 3.85. The Balaban J connectivity index is 1.80. The van der Waals surface area contributed by atoms with Crippen LogP contribution in [0.2, 0.25) is 0 Å². The first-order chi connectivity index (χ1) is 7.65. The van der Waals surface area contributed by atoms with Crippen LogP contribution in [0.1, 0.15) is 12.2 Å². The summed E-state index contributed by atoms with van der Waals surface area (Å²) in [6, 6.07) is 1.62. The molecule has 2 rings (SSSR count). The Morgan fingerprint density at radius 3 is 3.19 bits per heavy atom. The maximum Gasteiger partial charge on any atom is 0.260 e. The van der Waals surface area contributed by atoms with Crippen LogP contribution in [0, 0.1) is 6.92 Å². The number of hydrogen-bond acceptors (Lipinski definition) is 5. The van der Waals surface area contributed by atoms with Crippen LogP contribution in [0.25, 0.3) is 0 Å². The number of hydrogen-bond donors (Lipinski definition) is 1. The van der Waals surface area contributed by atoms with E-state index < -0.39 is 6.10 Å². The van der Waals surface area contributed by atoms with Gasteiger partial charge < -0.3 is 19.3 Å². The number of ether oxygens (including phenoxy) is 1. The van der Waals surface area contributed by atoms with Gasteiger partial charge in [-0.3, -0.25) is 4.79 Å². The topological polar surface area (TPSA) is 75.8 Å². The molecule has 0 unspecified atom stereocenters. The van der Waals surface area contributed by atoms with Crippen molar-refractivity contribution >= 4 is 5.91 Å². The van der Waals surface area contributed by atoms with Crippen LogP contribution in [0.4, 0.5) is 0 Å². The lowest BCUT2D eigenvalue weighted by Gasteiger charge is -2.14. The van der Waals surface area contributed by atoms with Crippen LogP contribution in [0.15, 0.2) is 10.6 Å². The van der Waals surface area contributed by atoms with Gasteiger partial charge in [0.15, 0.2) is 6.61 Å². The second kappa shape index (κ2) is 4.52. The number of likely N-dealkylation sites (tertiary alicyclic amines) is 1. The van der Waals surface area contributed by atoms with Gasteiger partial charge >= 0.3 is 0 Å². The molecule has 6 heteroatoms. The molecule has 0 saturated carbocycles. The molecule has 1 amide bonds. The maximum absolute atomic E-state index is 11.6. The lowest BCUT2D eigenvalue weighted by atomic mass is 10.3. The molecule has 1 fully saturated rings. The van der Waals surface area contributed by atoms with Gasteiger partial charge in [-0.15, -0.1) is 0 Å². The van der Waals surface area contributed by atoms with E-state index in [0.717, 1.165) is 0 Å². The molecule has 1 N–H and O–H groups in total. The molecule has 1 atom stereocenters. The average molecular weight is 226 g/mol. The summed E-state index contributed by atoms with van der Waals surface area (Å²) in [5.74, 6) is 0.807. The van der Waals surface area contributed by atoms with Crippen molar-refractivity contribution in [2.45, 2.75) is 19.4 Å². The molecular weight excluding hydrogens is 212 g/mol. The van der Waals surface area contributed by atoms with Crippen LogP contribution in [-0.4, -0.2) is 46.9 Å². The van der Waals surface area contributed by atoms with Gasteiger partial charge in [0.25, 0.3) is 11.8 Å². The highest BCUT2D eigenvalue weighted by atomic mass is 16.5. The van der Waals surface area contributed by atoms with Gasteiger partial charge in [0.1, 0.15) is 5.76 Å². The second-order valence-corrected chi connectivity index (χ2v) is 3.85. The van der Waals surface area contributed by atoms with Gasteiger partial charge in [-0.1, -0.05) is 0 Å². The van der Waals surface area contributed by atoms with Crippen molar-refractivity contribution in [2.24, 2.45) is 0 Å². The Labute approximate surface area is 92.8 Å². The molecular formula is C10H14N2O4. The number of amides is 1. The average Bonchev–Trinajstić information content (AvgIpc) is 2.84. The smallest absolute Gasteiger partial charge is 0.260 e. The molecule has 0 aliphatic carbocycles. The van der Waals surface area contributed by atoms with Crippen LogP contribution in [-0.2, 0) is 4.79 Å². The van der Waals surface area contributed by atoms with Gasteiger partial charge in [0, 0.05) is 19.2 Å². The minimum atomic E-state index is -0.404. The summed E-state index contributed by atoms with van der Waals surface area (Å²) in [4.78, 5) is 13.2. The fourth-order valence-corrected chi connectivity index (χ4v) is 1.61. The summed E-state index contributed by atoms with van der Waals surface area (Å²) in [7, 11) is 0. The van der Waals surface area contributed by atoms with Crippen molar-refractivity contribution < 1.29 is 19.2 Å². The lowest BCUT2D eigenvalue weighted by Crippen LogP contribution is -2.33. The predicted octanol–water partition coefficient (Wildman–Crippen LogP) is -0.0450. The van der Waals surface area contributed by atoms with E-state index in [2.05, 4.69) is 5.16 Å². The van der Waals surface area contributed by atoms with E-state index in [1.807, 2.05) is 0 Å². The third-order valence-corrected chi connectivity index (χ3v) is 2.47. The molecule has 1 aromatic heterocycles. The SMILES string of the molecule is Cc1cc(OCC(=O)N2CC[C@H](O)C2)no1. The molecule has 1 aromatic rings. The third-order valence-electron chi connectivity index (χ3n) is 2.47. The molecule has 16 heavy (non-hydrogen) atoms. The zero-order valence-corrected chi connectivity index (χ0v) is 9.05. The Morgan fingerprint density at radius 2 is 2.62 bits per heavy atom. The van der Waals surface area contributed by atoms with Gasteiger partial charge in [0.2, 0.25) is 0 Å². The predicted molar refractivity (Wildman–Crippen MR) is 53.9 cm³/mol. The fraction of sp³-hybridized carbons (Fsp3) is 0.600. The summed E-state index contributed by atoms with van der Waals surface area (Å²) in [6.07, 6.45) is 0.229. The Kier molecular flexibility index (Phi) is 3.09. The summed E-state index contributed by atoms with van der Waals surface area (Å²) in [5, 5.41) is 12.9. The fourth-order valence-electron chi connectivity index (χ4n) is 1.61. The van der Waals surface area contributed by atoms with Crippen LogP contribution in [0.5, 0.6) is 5.88 Å². The monoisotopic (exact) mass is 226 g/mol. The normalized spacial score (nSPS) is 20.1. The summed E-state index contributed by atoms with van der Waals surface area (Å²) in [5.41, 5.74) is 0. The van der Waals surface area contributed by atoms with Crippen molar-refractivity contribution in [1.82, 2.24) is 10.1 Å². The van der Waals surface area contributed by atoms with Crippen molar-refractivity contribution in [3.05, 3.63) is 11.8 Å². The summed E-state index contributed by atoms with van der Waals surface area (Å²) < 4.78 is 9.96. The zero-order chi connectivity index (χ0) is 11.5. The highest BCUT2D eigenvalue weighted by Gasteiger charge is 2.24. The highest BCUT2D eigenvalue weighted by Crippen LogP contribution is 2.12. The van der Waals surface area contributed by atoms with E-state index in [4.69, 9.17) is 9.26 Å². The van der Waals surface area contributed by atoms with E-state index in [0.29, 0.717) is 31.2 Å². The number of carbonyl (C=O) groups is 1. The highest BCUT2D eigenvalue weighted by molar-refractivity contribution is 5.78. The number of aliphatic hydroxyl groups is 1. The number of aryl methyl sites for hydroxylation is 1. The molecule has 6 nitrogen and oxygen atoms in total. The largest absolute Gasteiger partial charge is 0.465 e. The van der Waals surface area contributed by atoms with Crippen molar-refractivity contribution in [3.63, 3.8) is 0 Å². The number of aliphatic hydroxyl groups excluding tert-OH is 1. The maximum atomic E-state index is 11.6. The lowest BCUT2D eigenvalue weighted by molar-refractivity contribution is -0.132. The molecule has 1 aliphatic heterocycles.